The highest BCUT2D eigenvalue weighted by atomic mass is 19.1. The molecular formula is C31H32FN9O. The Morgan fingerprint density at radius 3 is 2.62 bits per heavy atom. The number of benzene rings is 1. The molecule has 0 aliphatic carbocycles. The molecule has 0 bridgehead atoms. The minimum Gasteiger partial charge on any atom is -0.370 e. The number of hydrogen-bond acceptors (Lipinski definition) is 7. The molecule has 5 aromatic rings. The van der Waals surface area contributed by atoms with Crippen molar-refractivity contribution in [2.75, 3.05) is 36.4 Å². The van der Waals surface area contributed by atoms with Gasteiger partial charge in [0.25, 0.3) is 5.91 Å². The lowest BCUT2D eigenvalue weighted by Gasteiger charge is -2.35. The van der Waals surface area contributed by atoms with E-state index >= 15 is 0 Å². The van der Waals surface area contributed by atoms with E-state index in [0.717, 1.165) is 62.4 Å². The molecule has 1 amide bonds. The molecule has 11 heteroatoms. The van der Waals surface area contributed by atoms with Gasteiger partial charge in [0.15, 0.2) is 11.5 Å². The maximum absolute atomic E-state index is 13.4. The van der Waals surface area contributed by atoms with Crippen molar-refractivity contribution in [3.05, 3.63) is 96.0 Å². The summed E-state index contributed by atoms with van der Waals surface area (Å²) in [5, 5.41) is 12.3. The van der Waals surface area contributed by atoms with Crippen molar-refractivity contribution in [1.82, 2.24) is 34.3 Å². The smallest absolute Gasteiger partial charge is 0.262 e. The number of fused-ring (bicyclic) bond motifs is 1. The molecule has 2 aliphatic rings. The number of aromatic nitrogens is 6. The van der Waals surface area contributed by atoms with E-state index in [4.69, 9.17) is 5.10 Å². The highest BCUT2D eigenvalue weighted by Gasteiger charge is 2.32. The van der Waals surface area contributed by atoms with Crippen LogP contribution in [0.25, 0.3) is 11.5 Å². The Morgan fingerprint density at radius 1 is 1.00 bits per heavy atom. The first-order valence-corrected chi connectivity index (χ1v) is 14.4. The molecule has 1 unspecified atom stereocenters. The average molecular weight is 566 g/mol. The Bertz CT molecular complexity index is 1700. The third kappa shape index (κ3) is 5.11. The molecular weight excluding hydrogens is 533 g/mol. The standard InChI is InChI=1S/C31H32FN9O/c1-21-3-8-28(34-18-21)41-29(36-31(42)26-19-35-40-13-2-12-33-30(26)40)17-27(37-41)22-9-14-38(15-10-22)25-11-16-39(20-25)24-6-4-23(32)5-7-24/h2-8,12-13,17-19,22,25H,9-11,14-16,20H2,1H3,(H,36,42). The van der Waals surface area contributed by atoms with Crippen molar-refractivity contribution in [3.8, 4) is 5.82 Å². The van der Waals surface area contributed by atoms with E-state index in [1.807, 2.05) is 37.3 Å². The normalized spacial score (nSPS) is 18.1. The lowest BCUT2D eigenvalue weighted by Crippen LogP contribution is -2.42. The summed E-state index contributed by atoms with van der Waals surface area (Å²) < 4.78 is 16.7. The summed E-state index contributed by atoms with van der Waals surface area (Å²) in [6, 6.07) is 14.9. The van der Waals surface area contributed by atoms with E-state index in [9.17, 15) is 9.18 Å². The van der Waals surface area contributed by atoms with Gasteiger partial charge in [-0.05, 0) is 81.2 Å². The first kappa shape index (κ1) is 26.3. The van der Waals surface area contributed by atoms with Crippen molar-refractivity contribution in [3.63, 3.8) is 0 Å². The summed E-state index contributed by atoms with van der Waals surface area (Å²) in [4.78, 5) is 27.2. The van der Waals surface area contributed by atoms with Crippen LogP contribution in [0.2, 0.25) is 0 Å². The van der Waals surface area contributed by atoms with Crippen LogP contribution in [0, 0.1) is 12.7 Å². The lowest BCUT2D eigenvalue weighted by atomic mass is 9.92. The zero-order chi connectivity index (χ0) is 28.6. The molecule has 10 nitrogen and oxygen atoms in total. The predicted molar refractivity (Wildman–Crippen MR) is 158 cm³/mol. The largest absolute Gasteiger partial charge is 0.370 e. The van der Waals surface area contributed by atoms with E-state index in [2.05, 4.69) is 30.2 Å². The summed E-state index contributed by atoms with van der Waals surface area (Å²) in [6.07, 6.45) is 9.80. The zero-order valence-electron chi connectivity index (χ0n) is 23.4. The fourth-order valence-electron chi connectivity index (χ4n) is 6.11. The van der Waals surface area contributed by atoms with Gasteiger partial charge in [0.2, 0.25) is 0 Å². The number of rotatable bonds is 6. The van der Waals surface area contributed by atoms with Gasteiger partial charge in [-0.2, -0.15) is 14.9 Å². The number of amides is 1. The number of halogens is 1. The Balaban J connectivity index is 1.07. The number of nitrogens with zero attached hydrogens (tertiary/aromatic N) is 8. The minimum atomic E-state index is -0.301. The second kappa shape index (κ2) is 11.0. The van der Waals surface area contributed by atoms with Gasteiger partial charge in [0.1, 0.15) is 17.2 Å². The van der Waals surface area contributed by atoms with E-state index in [-0.39, 0.29) is 17.6 Å². The second-order valence-electron chi connectivity index (χ2n) is 11.1. The van der Waals surface area contributed by atoms with E-state index in [1.54, 1.807) is 33.9 Å². The second-order valence-corrected chi connectivity index (χ2v) is 11.1. The van der Waals surface area contributed by atoms with Gasteiger partial charge in [0.05, 0.1) is 11.9 Å². The number of hydrogen-bond donors (Lipinski definition) is 1. The molecule has 4 aromatic heterocycles. The Kier molecular flexibility index (Phi) is 6.87. The lowest BCUT2D eigenvalue weighted by molar-refractivity contribution is 0.102. The van der Waals surface area contributed by atoms with Crippen LogP contribution in [0.1, 0.15) is 46.8 Å². The van der Waals surface area contributed by atoms with Crippen molar-refractivity contribution >= 4 is 23.1 Å². The molecule has 2 fully saturated rings. The number of piperidine rings is 1. The first-order chi connectivity index (χ1) is 20.5. The van der Waals surface area contributed by atoms with Crippen LogP contribution < -0.4 is 10.2 Å². The third-order valence-corrected chi connectivity index (χ3v) is 8.43. The summed E-state index contributed by atoms with van der Waals surface area (Å²) in [5.74, 6) is 0.980. The van der Waals surface area contributed by atoms with Gasteiger partial charge in [-0.15, -0.1) is 0 Å². The van der Waals surface area contributed by atoms with Crippen LogP contribution in [0.5, 0.6) is 0 Å². The molecule has 7 rings (SSSR count). The number of carbonyl (C=O) groups excluding carboxylic acids is 1. The van der Waals surface area contributed by atoms with Crippen molar-refractivity contribution in [1.29, 1.82) is 0 Å². The molecule has 2 aliphatic heterocycles. The van der Waals surface area contributed by atoms with E-state index < -0.39 is 0 Å². The number of pyridine rings is 1. The van der Waals surface area contributed by atoms with Crippen LogP contribution in [-0.4, -0.2) is 72.4 Å². The first-order valence-electron chi connectivity index (χ1n) is 14.4. The van der Waals surface area contributed by atoms with Crippen LogP contribution in [-0.2, 0) is 0 Å². The molecule has 6 heterocycles. The summed E-state index contributed by atoms with van der Waals surface area (Å²) in [5.41, 5.74) is 3.96. The Morgan fingerprint density at radius 2 is 1.83 bits per heavy atom. The van der Waals surface area contributed by atoms with Crippen LogP contribution in [0.15, 0.2) is 73.3 Å². The third-order valence-electron chi connectivity index (χ3n) is 8.43. The summed E-state index contributed by atoms with van der Waals surface area (Å²) in [6.45, 7) is 5.90. The van der Waals surface area contributed by atoms with Crippen molar-refractivity contribution in [2.45, 2.75) is 38.1 Å². The number of aryl methyl sites for hydroxylation is 1. The van der Waals surface area contributed by atoms with E-state index in [1.165, 1.54) is 18.3 Å². The molecule has 1 N–H and O–H groups in total. The Labute approximate surface area is 242 Å². The molecule has 0 saturated carbocycles. The highest BCUT2D eigenvalue weighted by Crippen LogP contribution is 2.33. The van der Waals surface area contributed by atoms with Gasteiger partial charge >= 0.3 is 0 Å². The summed E-state index contributed by atoms with van der Waals surface area (Å²) in [7, 11) is 0. The van der Waals surface area contributed by atoms with Gasteiger partial charge in [0, 0.05) is 55.4 Å². The van der Waals surface area contributed by atoms with Gasteiger partial charge < -0.3 is 10.2 Å². The molecule has 0 radical (unpaired) electrons. The molecule has 214 valence electrons. The number of carbonyl (C=O) groups is 1. The minimum absolute atomic E-state index is 0.202. The fourth-order valence-corrected chi connectivity index (χ4v) is 6.11. The number of likely N-dealkylation sites (tertiary alicyclic amines) is 1. The van der Waals surface area contributed by atoms with Crippen molar-refractivity contribution in [2.24, 2.45) is 0 Å². The maximum Gasteiger partial charge on any atom is 0.262 e. The van der Waals surface area contributed by atoms with Gasteiger partial charge in [-0.25, -0.2) is 18.9 Å². The van der Waals surface area contributed by atoms with Crippen molar-refractivity contribution < 1.29 is 9.18 Å². The molecule has 2 saturated heterocycles. The predicted octanol–water partition coefficient (Wildman–Crippen LogP) is 4.47. The topological polar surface area (TPSA) is 96.5 Å². The van der Waals surface area contributed by atoms with Crippen LogP contribution in [0.4, 0.5) is 15.9 Å². The van der Waals surface area contributed by atoms with Crippen LogP contribution in [0.3, 0.4) is 0 Å². The highest BCUT2D eigenvalue weighted by molar-refractivity contribution is 6.07. The van der Waals surface area contributed by atoms with E-state index in [0.29, 0.717) is 28.9 Å². The Hall–Kier alpha value is -4.64. The molecule has 1 aromatic carbocycles. The van der Waals surface area contributed by atoms with Gasteiger partial charge in [-0.3, -0.25) is 9.69 Å². The monoisotopic (exact) mass is 565 g/mol. The average Bonchev–Trinajstić information content (AvgIpc) is 3.77. The quantitative estimate of drug-likeness (QED) is 0.325. The van der Waals surface area contributed by atoms with Crippen LogP contribution >= 0.6 is 0 Å². The molecule has 0 spiro atoms. The fraction of sp³-hybridized carbons (Fsp3) is 0.323. The molecule has 1 atom stereocenters. The zero-order valence-corrected chi connectivity index (χ0v) is 23.4. The van der Waals surface area contributed by atoms with Gasteiger partial charge in [-0.1, -0.05) is 6.07 Å². The SMILES string of the molecule is Cc1ccc(-n2nc(C3CCN(C4CCN(c5ccc(F)cc5)C4)CC3)cc2NC(=O)c2cnn3cccnc23)nc1. The summed E-state index contributed by atoms with van der Waals surface area (Å²) >= 11 is 0. The number of anilines is 2. The maximum atomic E-state index is 13.4. The molecule has 42 heavy (non-hydrogen) atoms. The number of nitrogens with one attached hydrogen (secondary N) is 1.